The predicted octanol–water partition coefficient (Wildman–Crippen LogP) is 3.69. The van der Waals surface area contributed by atoms with Gasteiger partial charge >= 0.3 is 0 Å². The summed E-state index contributed by atoms with van der Waals surface area (Å²) in [7, 11) is -2.46. The van der Waals surface area contributed by atoms with E-state index in [0.29, 0.717) is 26.7 Å². The van der Waals surface area contributed by atoms with E-state index in [-0.39, 0.29) is 11.4 Å². The molecule has 2 rings (SSSR count). The summed E-state index contributed by atoms with van der Waals surface area (Å²) in [5.41, 5.74) is 5.12. The Morgan fingerprint density at radius 2 is 1.75 bits per heavy atom. The van der Waals surface area contributed by atoms with Crippen molar-refractivity contribution in [2.75, 3.05) is 13.6 Å². The first kappa shape index (κ1) is 22.4. The summed E-state index contributed by atoms with van der Waals surface area (Å²) in [4.78, 5) is 12.3. The Hall–Kier alpha value is -1.93. The van der Waals surface area contributed by atoms with Gasteiger partial charge in [-0.3, -0.25) is 4.79 Å². The molecular formula is C19H21Cl2N3O3S. The molecule has 150 valence electrons. The zero-order chi connectivity index (χ0) is 21.1. The van der Waals surface area contributed by atoms with Gasteiger partial charge in [0.05, 0.1) is 22.7 Å². The highest BCUT2D eigenvalue weighted by molar-refractivity contribution is 7.89. The van der Waals surface area contributed by atoms with Crippen LogP contribution >= 0.6 is 23.2 Å². The third kappa shape index (κ3) is 5.32. The molecule has 0 saturated heterocycles. The second-order valence-corrected chi connectivity index (χ2v) is 9.27. The first-order valence-electron chi connectivity index (χ1n) is 8.33. The molecule has 2 aromatic rings. The number of sulfonamides is 1. The minimum Gasteiger partial charge on any atom is -0.272 e. The van der Waals surface area contributed by atoms with Gasteiger partial charge in [0.2, 0.25) is 10.0 Å². The topological polar surface area (TPSA) is 78.8 Å². The molecule has 0 fully saturated rings. The minimum atomic E-state index is -3.82. The van der Waals surface area contributed by atoms with E-state index in [1.54, 1.807) is 44.2 Å². The lowest BCUT2D eigenvalue weighted by Gasteiger charge is -2.19. The number of hydrazone groups is 1. The number of hydrogen-bond acceptors (Lipinski definition) is 4. The van der Waals surface area contributed by atoms with Crippen LogP contribution in [0.15, 0.2) is 40.3 Å². The summed E-state index contributed by atoms with van der Waals surface area (Å²) >= 11 is 11.8. The Bertz CT molecular complexity index is 1010. The molecule has 0 unspecified atom stereocenters. The van der Waals surface area contributed by atoms with Crippen LogP contribution in [0.3, 0.4) is 0 Å². The molecule has 2 aromatic carbocycles. The fourth-order valence-electron chi connectivity index (χ4n) is 2.83. The van der Waals surface area contributed by atoms with Gasteiger partial charge in [0.25, 0.3) is 5.91 Å². The monoisotopic (exact) mass is 441 g/mol. The first-order valence-corrected chi connectivity index (χ1v) is 10.5. The SMILES string of the molecule is Cc1cc(C)c(S(=O)(=O)N(C)CC(=O)N/N=C\c2ccc(Cl)cc2Cl)c(C)c1. The highest BCUT2D eigenvalue weighted by atomic mass is 35.5. The number of amides is 1. The van der Waals surface area contributed by atoms with Gasteiger partial charge in [0, 0.05) is 17.6 Å². The van der Waals surface area contributed by atoms with Crippen molar-refractivity contribution in [3.05, 3.63) is 62.6 Å². The lowest BCUT2D eigenvalue weighted by atomic mass is 10.1. The van der Waals surface area contributed by atoms with E-state index >= 15 is 0 Å². The van der Waals surface area contributed by atoms with E-state index in [2.05, 4.69) is 10.5 Å². The predicted molar refractivity (Wildman–Crippen MR) is 113 cm³/mol. The molecule has 0 saturated carbocycles. The van der Waals surface area contributed by atoms with E-state index in [9.17, 15) is 13.2 Å². The molecule has 0 aromatic heterocycles. The molecule has 0 heterocycles. The molecule has 0 spiro atoms. The van der Waals surface area contributed by atoms with Crippen molar-refractivity contribution in [2.45, 2.75) is 25.7 Å². The summed E-state index contributed by atoms with van der Waals surface area (Å²) in [6.07, 6.45) is 1.36. The summed E-state index contributed by atoms with van der Waals surface area (Å²) in [6.45, 7) is 5.00. The third-order valence-corrected chi connectivity index (χ3v) is 6.67. The fraction of sp³-hybridized carbons (Fsp3) is 0.263. The molecule has 0 aliphatic carbocycles. The molecule has 9 heteroatoms. The number of hydrogen-bond donors (Lipinski definition) is 1. The number of halogens is 2. The summed E-state index contributed by atoms with van der Waals surface area (Å²) in [6, 6.07) is 8.45. The Balaban J connectivity index is 2.08. The maximum absolute atomic E-state index is 12.9. The molecule has 0 bridgehead atoms. The zero-order valence-electron chi connectivity index (χ0n) is 16.0. The average molecular weight is 442 g/mol. The first-order chi connectivity index (χ1) is 13.0. The third-order valence-electron chi connectivity index (χ3n) is 3.99. The van der Waals surface area contributed by atoms with Crippen molar-refractivity contribution in [1.82, 2.24) is 9.73 Å². The fourth-order valence-corrected chi connectivity index (χ4v) is 4.82. The Morgan fingerprint density at radius 1 is 1.14 bits per heavy atom. The molecular weight excluding hydrogens is 421 g/mol. The Labute approximate surface area is 175 Å². The van der Waals surface area contributed by atoms with Crippen LogP contribution in [-0.2, 0) is 14.8 Å². The van der Waals surface area contributed by atoms with Crippen LogP contribution in [-0.4, -0.2) is 38.4 Å². The van der Waals surface area contributed by atoms with Gasteiger partial charge in [-0.05, 0) is 44.0 Å². The van der Waals surface area contributed by atoms with E-state index in [4.69, 9.17) is 23.2 Å². The Morgan fingerprint density at radius 3 is 2.32 bits per heavy atom. The molecule has 1 N–H and O–H groups in total. The molecule has 1 amide bonds. The van der Waals surface area contributed by atoms with Crippen LogP contribution in [0.2, 0.25) is 10.0 Å². The molecule has 0 atom stereocenters. The quantitative estimate of drug-likeness (QED) is 0.548. The summed E-state index contributed by atoms with van der Waals surface area (Å²) < 4.78 is 26.7. The van der Waals surface area contributed by atoms with Gasteiger partial charge in [-0.2, -0.15) is 9.41 Å². The van der Waals surface area contributed by atoms with Crippen LogP contribution in [0.5, 0.6) is 0 Å². The molecule has 0 aliphatic rings. The number of carbonyl (C=O) groups excluding carboxylic acids is 1. The van der Waals surface area contributed by atoms with E-state index in [0.717, 1.165) is 9.87 Å². The number of nitrogens with one attached hydrogen (secondary N) is 1. The standard InChI is InChI=1S/C19H21Cl2N3O3S/c1-12-7-13(2)19(14(3)8-12)28(26,27)24(4)11-18(25)23-22-10-15-5-6-16(20)9-17(15)21/h5-10H,11H2,1-4H3,(H,23,25)/b22-10-. The van der Waals surface area contributed by atoms with Crippen molar-refractivity contribution in [2.24, 2.45) is 5.10 Å². The van der Waals surface area contributed by atoms with E-state index in [1.807, 2.05) is 6.92 Å². The van der Waals surface area contributed by atoms with Crippen molar-refractivity contribution < 1.29 is 13.2 Å². The van der Waals surface area contributed by atoms with Crippen LogP contribution in [0.25, 0.3) is 0 Å². The number of aryl methyl sites for hydroxylation is 3. The molecule has 0 radical (unpaired) electrons. The number of nitrogens with zero attached hydrogens (tertiary/aromatic N) is 2. The maximum atomic E-state index is 12.9. The minimum absolute atomic E-state index is 0.213. The maximum Gasteiger partial charge on any atom is 0.255 e. The molecule has 6 nitrogen and oxygen atoms in total. The number of carbonyl (C=O) groups is 1. The van der Waals surface area contributed by atoms with Gasteiger partial charge in [0.15, 0.2) is 0 Å². The van der Waals surface area contributed by atoms with Gasteiger partial charge in [-0.25, -0.2) is 13.8 Å². The zero-order valence-corrected chi connectivity index (χ0v) is 18.3. The Kier molecular flexibility index (Phi) is 7.22. The van der Waals surface area contributed by atoms with Crippen molar-refractivity contribution in [3.8, 4) is 0 Å². The van der Waals surface area contributed by atoms with Gasteiger partial charge in [0.1, 0.15) is 0 Å². The smallest absolute Gasteiger partial charge is 0.255 e. The number of benzene rings is 2. The van der Waals surface area contributed by atoms with Gasteiger partial charge in [-0.1, -0.05) is 47.0 Å². The second-order valence-electron chi connectivity index (χ2n) is 6.45. The van der Waals surface area contributed by atoms with E-state index < -0.39 is 15.9 Å². The highest BCUT2D eigenvalue weighted by Gasteiger charge is 2.26. The van der Waals surface area contributed by atoms with Crippen molar-refractivity contribution in [3.63, 3.8) is 0 Å². The van der Waals surface area contributed by atoms with Crippen LogP contribution in [0.4, 0.5) is 0 Å². The largest absolute Gasteiger partial charge is 0.272 e. The van der Waals surface area contributed by atoms with Crippen LogP contribution in [0, 0.1) is 20.8 Å². The highest BCUT2D eigenvalue weighted by Crippen LogP contribution is 2.24. The molecule has 28 heavy (non-hydrogen) atoms. The van der Waals surface area contributed by atoms with Crippen LogP contribution < -0.4 is 5.43 Å². The van der Waals surface area contributed by atoms with Crippen molar-refractivity contribution in [1.29, 1.82) is 0 Å². The summed E-state index contributed by atoms with van der Waals surface area (Å²) in [5, 5.41) is 4.68. The number of likely N-dealkylation sites (N-methyl/N-ethyl adjacent to an activating group) is 1. The average Bonchev–Trinajstić information content (AvgIpc) is 2.55. The molecule has 0 aliphatic heterocycles. The summed E-state index contributed by atoms with van der Waals surface area (Å²) in [5.74, 6) is -0.574. The van der Waals surface area contributed by atoms with E-state index in [1.165, 1.54) is 13.3 Å². The van der Waals surface area contributed by atoms with Gasteiger partial charge in [-0.15, -0.1) is 0 Å². The number of rotatable bonds is 6. The van der Waals surface area contributed by atoms with Crippen molar-refractivity contribution >= 4 is 45.3 Å². The second kappa shape index (κ2) is 9.05. The van der Waals surface area contributed by atoms with Crippen LogP contribution in [0.1, 0.15) is 22.3 Å². The lowest BCUT2D eigenvalue weighted by Crippen LogP contribution is -2.37. The normalized spacial score (nSPS) is 12.0. The lowest BCUT2D eigenvalue weighted by molar-refractivity contribution is -0.121. The van der Waals surface area contributed by atoms with Gasteiger partial charge < -0.3 is 0 Å².